The Balaban J connectivity index is 2.00. The Morgan fingerprint density at radius 1 is 1.29 bits per heavy atom. The SMILES string of the molecule is COc1ccc(OC)c(-c2csc(/C(C#N)=C/c3ccco3)n2)c1. The van der Waals surface area contributed by atoms with Crippen LogP contribution in [0.3, 0.4) is 0 Å². The van der Waals surface area contributed by atoms with Gasteiger partial charge < -0.3 is 13.9 Å². The zero-order valence-corrected chi connectivity index (χ0v) is 14.0. The van der Waals surface area contributed by atoms with E-state index in [1.807, 2.05) is 23.6 Å². The van der Waals surface area contributed by atoms with Gasteiger partial charge in [0, 0.05) is 17.0 Å². The molecule has 0 aliphatic heterocycles. The predicted octanol–water partition coefficient (Wildman–Crippen LogP) is 4.48. The van der Waals surface area contributed by atoms with Crippen LogP contribution in [-0.4, -0.2) is 19.2 Å². The summed E-state index contributed by atoms with van der Waals surface area (Å²) in [6, 6.07) is 11.2. The smallest absolute Gasteiger partial charge is 0.134 e. The van der Waals surface area contributed by atoms with Crippen molar-refractivity contribution in [3.63, 3.8) is 0 Å². The van der Waals surface area contributed by atoms with Crippen LogP contribution in [0.1, 0.15) is 10.8 Å². The second kappa shape index (κ2) is 7.02. The Hall–Kier alpha value is -3.04. The number of methoxy groups -OCH3 is 2. The minimum atomic E-state index is 0.447. The molecule has 0 N–H and O–H groups in total. The molecule has 3 aromatic rings. The monoisotopic (exact) mass is 338 g/mol. The summed E-state index contributed by atoms with van der Waals surface area (Å²) in [5.41, 5.74) is 1.99. The van der Waals surface area contributed by atoms with Crippen LogP contribution in [0.2, 0.25) is 0 Å². The lowest BCUT2D eigenvalue weighted by Crippen LogP contribution is -1.91. The maximum Gasteiger partial charge on any atom is 0.134 e. The number of hydrogen-bond acceptors (Lipinski definition) is 6. The van der Waals surface area contributed by atoms with Crippen molar-refractivity contribution in [3.8, 4) is 28.8 Å². The maximum atomic E-state index is 9.40. The van der Waals surface area contributed by atoms with Gasteiger partial charge in [-0.1, -0.05) is 0 Å². The number of nitrogens with zero attached hydrogens (tertiary/aromatic N) is 2. The van der Waals surface area contributed by atoms with E-state index in [1.54, 1.807) is 38.7 Å². The number of hydrogen-bond donors (Lipinski definition) is 0. The van der Waals surface area contributed by atoms with Gasteiger partial charge in [0.1, 0.15) is 28.3 Å². The van der Waals surface area contributed by atoms with Crippen molar-refractivity contribution < 1.29 is 13.9 Å². The summed E-state index contributed by atoms with van der Waals surface area (Å²) in [7, 11) is 3.22. The largest absolute Gasteiger partial charge is 0.497 e. The molecule has 2 aromatic heterocycles. The van der Waals surface area contributed by atoms with Crippen LogP contribution < -0.4 is 9.47 Å². The Morgan fingerprint density at radius 2 is 2.17 bits per heavy atom. The highest BCUT2D eigenvalue weighted by Crippen LogP contribution is 2.35. The lowest BCUT2D eigenvalue weighted by atomic mass is 10.1. The van der Waals surface area contributed by atoms with E-state index in [4.69, 9.17) is 13.9 Å². The summed E-state index contributed by atoms with van der Waals surface area (Å²) in [5.74, 6) is 2.02. The van der Waals surface area contributed by atoms with Gasteiger partial charge in [-0.05, 0) is 30.3 Å². The van der Waals surface area contributed by atoms with E-state index in [0.29, 0.717) is 27.8 Å². The van der Waals surface area contributed by atoms with Gasteiger partial charge >= 0.3 is 0 Å². The Kier molecular flexibility index (Phi) is 4.64. The minimum absolute atomic E-state index is 0.447. The number of nitriles is 1. The fourth-order valence-electron chi connectivity index (χ4n) is 2.19. The molecule has 1 aromatic carbocycles. The second-order valence-electron chi connectivity index (χ2n) is 4.79. The summed E-state index contributed by atoms with van der Waals surface area (Å²) in [6.07, 6.45) is 3.24. The fourth-order valence-corrected chi connectivity index (χ4v) is 2.98. The average molecular weight is 338 g/mol. The molecule has 0 amide bonds. The third-order valence-corrected chi connectivity index (χ3v) is 4.24. The molecule has 6 heteroatoms. The normalized spacial score (nSPS) is 11.1. The van der Waals surface area contributed by atoms with Crippen LogP contribution in [0.15, 0.2) is 46.4 Å². The van der Waals surface area contributed by atoms with Crippen molar-refractivity contribution >= 4 is 23.0 Å². The van der Waals surface area contributed by atoms with Crippen LogP contribution >= 0.6 is 11.3 Å². The summed E-state index contributed by atoms with van der Waals surface area (Å²) in [4.78, 5) is 4.57. The molecule has 0 aliphatic rings. The standard InChI is InChI=1S/C18H14N2O3S/c1-21-13-5-6-17(22-2)15(9-13)16-11-24-18(20-16)12(10-19)8-14-4-3-7-23-14/h3-9,11H,1-2H3/b12-8+. The first-order chi connectivity index (χ1) is 11.7. The van der Waals surface area contributed by atoms with E-state index in [2.05, 4.69) is 11.1 Å². The summed E-state index contributed by atoms with van der Waals surface area (Å²) in [6.45, 7) is 0. The van der Waals surface area contributed by atoms with Crippen LogP contribution in [0.25, 0.3) is 22.9 Å². The molecular formula is C18H14N2O3S. The van der Waals surface area contributed by atoms with Crippen molar-refractivity contribution in [2.75, 3.05) is 14.2 Å². The first-order valence-electron chi connectivity index (χ1n) is 7.08. The molecule has 0 bridgehead atoms. The Labute approximate surface area is 143 Å². The summed E-state index contributed by atoms with van der Waals surface area (Å²) in [5, 5.41) is 11.9. The van der Waals surface area contributed by atoms with Crippen LogP contribution in [0.5, 0.6) is 11.5 Å². The molecule has 0 saturated heterocycles. The van der Waals surface area contributed by atoms with Crippen LogP contribution in [0, 0.1) is 11.3 Å². The molecule has 0 atom stereocenters. The topological polar surface area (TPSA) is 68.3 Å². The van der Waals surface area contributed by atoms with E-state index >= 15 is 0 Å². The lowest BCUT2D eigenvalue weighted by Gasteiger charge is -2.08. The van der Waals surface area contributed by atoms with Crippen molar-refractivity contribution in [1.29, 1.82) is 5.26 Å². The van der Waals surface area contributed by atoms with Crippen LogP contribution in [0.4, 0.5) is 0 Å². The summed E-state index contributed by atoms with van der Waals surface area (Å²) < 4.78 is 15.9. The van der Waals surface area contributed by atoms with E-state index in [9.17, 15) is 5.26 Å². The number of furan rings is 1. The molecule has 0 aliphatic carbocycles. The first kappa shape index (κ1) is 15.8. The van der Waals surface area contributed by atoms with Gasteiger partial charge in [0.15, 0.2) is 0 Å². The zero-order chi connectivity index (χ0) is 16.9. The molecule has 0 spiro atoms. The number of aromatic nitrogens is 1. The van der Waals surface area contributed by atoms with Gasteiger partial charge in [-0.15, -0.1) is 11.3 Å². The number of rotatable bonds is 5. The molecular weight excluding hydrogens is 324 g/mol. The highest BCUT2D eigenvalue weighted by Gasteiger charge is 2.14. The molecule has 120 valence electrons. The fraction of sp³-hybridized carbons (Fsp3) is 0.111. The Morgan fingerprint density at radius 3 is 2.83 bits per heavy atom. The van der Waals surface area contributed by atoms with Crippen molar-refractivity contribution in [2.24, 2.45) is 0 Å². The van der Waals surface area contributed by atoms with Crippen molar-refractivity contribution in [3.05, 3.63) is 52.7 Å². The molecule has 2 heterocycles. The average Bonchev–Trinajstić information content (AvgIpc) is 3.30. The van der Waals surface area contributed by atoms with E-state index < -0.39 is 0 Å². The van der Waals surface area contributed by atoms with E-state index in [0.717, 1.165) is 11.3 Å². The van der Waals surface area contributed by atoms with E-state index in [1.165, 1.54) is 11.3 Å². The highest BCUT2D eigenvalue weighted by atomic mass is 32.1. The molecule has 0 unspecified atom stereocenters. The van der Waals surface area contributed by atoms with Crippen molar-refractivity contribution in [1.82, 2.24) is 4.98 Å². The second-order valence-corrected chi connectivity index (χ2v) is 5.65. The quantitative estimate of drug-likeness (QED) is 0.641. The van der Waals surface area contributed by atoms with Gasteiger partial charge in [-0.3, -0.25) is 0 Å². The van der Waals surface area contributed by atoms with Crippen LogP contribution in [-0.2, 0) is 0 Å². The van der Waals surface area contributed by atoms with Gasteiger partial charge in [0.25, 0.3) is 0 Å². The predicted molar refractivity (Wildman–Crippen MR) is 92.8 cm³/mol. The maximum absolute atomic E-state index is 9.40. The molecule has 0 saturated carbocycles. The molecule has 5 nitrogen and oxygen atoms in total. The molecule has 0 fully saturated rings. The number of benzene rings is 1. The minimum Gasteiger partial charge on any atom is -0.497 e. The highest BCUT2D eigenvalue weighted by molar-refractivity contribution is 7.11. The Bertz CT molecular complexity index is 905. The van der Waals surface area contributed by atoms with Gasteiger partial charge in [0.2, 0.25) is 0 Å². The molecule has 24 heavy (non-hydrogen) atoms. The number of allylic oxidation sites excluding steroid dienone is 1. The number of ether oxygens (including phenoxy) is 2. The van der Waals surface area contributed by atoms with E-state index in [-0.39, 0.29) is 0 Å². The number of thiazole rings is 1. The third kappa shape index (κ3) is 3.16. The zero-order valence-electron chi connectivity index (χ0n) is 13.1. The van der Waals surface area contributed by atoms with Gasteiger partial charge in [-0.2, -0.15) is 5.26 Å². The molecule has 3 rings (SSSR count). The lowest BCUT2D eigenvalue weighted by molar-refractivity contribution is 0.404. The van der Waals surface area contributed by atoms with Gasteiger partial charge in [0.05, 0.1) is 31.7 Å². The first-order valence-corrected chi connectivity index (χ1v) is 7.96. The molecule has 0 radical (unpaired) electrons. The van der Waals surface area contributed by atoms with Crippen molar-refractivity contribution in [2.45, 2.75) is 0 Å². The summed E-state index contributed by atoms with van der Waals surface area (Å²) >= 11 is 1.39. The third-order valence-electron chi connectivity index (χ3n) is 3.37. The van der Waals surface area contributed by atoms with Gasteiger partial charge in [-0.25, -0.2) is 4.98 Å².